The van der Waals surface area contributed by atoms with E-state index in [2.05, 4.69) is 20.3 Å². The zero-order chi connectivity index (χ0) is 24.5. The number of hydrogen-bond donors (Lipinski definition) is 2. The molecule has 0 spiro atoms. The summed E-state index contributed by atoms with van der Waals surface area (Å²) in [5.74, 6) is -0.176. The lowest BCUT2D eigenvalue weighted by Gasteiger charge is -2.09. The first-order chi connectivity index (χ1) is 16.0. The van der Waals surface area contributed by atoms with E-state index in [1.807, 2.05) is 6.07 Å². The first-order valence-electron chi connectivity index (χ1n) is 9.69. The predicted octanol–water partition coefficient (Wildman–Crippen LogP) is 5.10. The van der Waals surface area contributed by atoms with E-state index in [0.717, 1.165) is 40.3 Å². The third-order valence-corrected chi connectivity index (χ3v) is 8.64. The van der Waals surface area contributed by atoms with Crippen molar-refractivity contribution >= 4 is 44.1 Å². The average Bonchev–Trinajstić information content (AvgIpc) is 3.43. The van der Waals surface area contributed by atoms with E-state index in [1.54, 1.807) is 30.5 Å². The van der Waals surface area contributed by atoms with Crippen LogP contribution < -0.4 is 5.32 Å². The molecule has 0 saturated heterocycles. The molecule has 1 aromatic carbocycles. The van der Waals surface area contributed by atoms with Crippen LogP contribution in [0.5, 0.6) is 0 Å². The second-order valence-corrected chi connectivity index (χ2v) is 11.7. The molecule has 3 heterocycles. The molecule has 2 N–H and O–H groups in total. The van der Waals surface area contributed by atoms with Crippen molar-refractivity contribution < 1.29 is 26.7 Å². The normalized spacial score (nSPS) is 13.1. The third kappa shape index (κ3) is 5.78. The smallest absolute Gasteiger partial charge is 0.387 e. The molecule has 7 nitrogen and oxygen atoms in total. The highest BCUT2D eigenvalue weighted by atomic mass is 32.2. The number of halogens is 3. The van der Waals surface area contributed by atoms with Crippen LogP contribution >= 0.6 is 22.7 Å². The zero-order valence-electron chi connectivity index (χ0n) is 17.4. The first kappa shape index (κ1) is 24.3. The van der Waals surface area contributed by atoms with Gasteiger partial charge in [0, 0.05) is 35.6 Å². The number of anilines is 2. The van der Waals surface area contributed by atoms with E-state index < -0.39 is 27.8 Å². The molecular weight excluding hydrogens is 509 g/mol. The minimum Gasteiger partial charge on any atom is -0.387 e. The molecule has 0 aliphatic rings. The fourth-order valence-electron chi connectivity index (χ4n) is 2.97. The van der Waals surface area contributed by atoms with Gasteiger partial charge >= 0.3 is 6.18 Å². The summed E-state index contributed by atoms with van der Waals surface area (Å²) in [7, 11) is -3.33. The molecule has 4 aromatic rings. The molecule has 3 aromatic heterocycles. The van der Waals surface area contributed by atoms with Gasteiger partial charge in [-0.2, -0.15) is 13.2 Å². The first-order valence-corrected chi connectivity index (χ1v) is 13.2. The highest BCUT2D eigenvalue weighted by Crippen LogP contribution is 2.33. The third-order valence-electron chi connectivity index (χ3n) is 4.57. The monoisotopic (exact) mass is 526 g/mol. The maximum absolute atomic E-state index is 12.9. The van der Waals surface area contributed by atoms with Crippen molar-refractivity contribution in [2.75, 3.05) is 11.6 Å². The molecule has 0 aliphatic heterocycles. The predicted molar refractivity (Wildman–Crippen MR) is 124 cm³/mol. The second-order valence-electron chi connectivity index (χ2n) is 7.24. The van der Waals surface area contributed by atoms with Gasteiger partial charge in [-0.15, -0.1) is 22.7 Å². The molecular formula is C21H17F3N4O3S3. The standard InChI is InChI=1S/C21H17F3N4O3S3/c1-34(30,31)19-6-5-15(33-19)14(29)10-18-26-11-16(32-18)12-3-2-4-13(9-12)27-20-25-8-7-17(28-20)21(22,23)24/h2-9,11,14,29H,10H2,1H3,(H,25,27,28). The molecule has 34 heavy (non-hydrogen) atoms. The maximum atomic E-state index is 12.9. The van der Waals surface area contributed by atoms with Gasteiger partial charge < -0.3 is 10.4 Å². The Hall–Kier alpha value is -2.87. The molecule has 178 valence electrons. The fourth-order valence-corrected chi connectivity index (χ4v) is 5.86. The van der Waals surface area contributed by atoms with Crippen molar-refractivity contribution in [1.82, 2.24) is 15.0 Å². The molecule has 0 amide bonds. The van der Waals surface area contributed by atoms with Gasteiger partial charge in [-0.25, -0.2) is 23.4 Å². The molecule has 0 radical (unpaired) electrons. The number of aliphatic hydroxyl groups is 1. The van der Waals surface area contributed by atoms with Crippen LogP contribution in [-0.2, 0) is 22.4 Å². The second kappa shape index (κ2) is 9.41. The van der Waals surface area contributed by atoms with Gasteiger partial charge in [0.15, 0.2) is 9.84 Å². The molecule has 4 rings (SSSR count). The molecule has 1 atom stereocenters. The van der Waals surface area contributed by atoms with Crippen molar-refractivity contribution in [2.45, 2.75) is 22.9 Å². The summed E-state index contributed by atoms with van der Waals surface area (Å²) in [5, 5.41) is 13.9. The Labute approximate surface area is 200 Å². The Morgan fingerprint density at radius 2 is 1.91 bits per heavy atom. The molecule has 0 bridgehead atoms. The van der Waals surface area contributed by atoms with Crippen molar-refractivity contribution in [3.8, 4) is 10.4 Å². The topological polar surface area (TPSA) is 105 Å². The van der Waals surface area contributed by atoms with Gasteiger partial charge in [0.05, 0.1) is 16.0 Å². The molecule has 1 unspecified atom stereocenters. The number of aromatic nitrogens is 3. The van der Waals surface area contributed by atoms with Crippen molar-refractivity contribution in [3.05, 3.63) is 70.4 Å². The fraction of sp³-hybridized carbons (Fsp3) is 0.190. The minimum atomic E-state index is -4.57. The van der Waals surface area contributed by atoms with E-state index in [9.17, 15) is 26.7 Å². The molecule has 0 fully saturated rings. The maximum Gasteiger partial charge on any atom is 0.433 e. The SMILES string of the molecule is CS(=O)(=O)c1ccc(C(O)Cc2ncc(-c3cccc(Nc4nccc(C(F)(F)F)n4)c3)s2)s1. The molecule has 13 heteroatoms. The van der Waals surface area contributed by atoms with Crippen LogP contribution in [0.4, 0.5) is 24.8 Å². The lowest BCUT2D eigenvalue weighted by molar-refractivity contribution is -0.141. The largest absolute Gasteiger partial charge is 0.433 e. The summed E-state index contributed by atoms with van der Waals surface area (Å²) in [6, 6.07) is 10.8. The number of benzene rings is 1. The Kier molecular flexibility index (Phi) is 6.71. The lowest BCUT2D eigenvalue weighted by Crippen LogP contribution is -2.10. The summed E-state index contributed by atoms with van der Waals surface area (Å²) < 4.78 is 62.1. The van der Waals surface area contributed by atoms with Crippen molar-refractivity contribution in [2.24, 2.45) is 0 Å². The number of thiophene rings is 1. The van der Waals surface area contributed by atoms with Crippen LogP contribution in [0.15, 0.2) is 59.1 Å². The number of nitrogens with one attached hydrogen (secondary N) is 1. The van der Waals surface area contributed by atoms with Crippen LogP contribution in [-0.4, -0.2) is 34.7 Å². The van der Waals surface area contributed by atoms with E-state index in [0.29, 0.717) is 15.6 Å². The van der Waals surface area contributed by atoms with Gasteiger partial charge in [0.25, 0.3) is 0 Å². The summed E-state index contributed by atoms with van der Waals surface area (Å²) in [6.45, 7) is 0. The summed E-state index contributed by atoms with van der Waals surface area (Å²) in [6.07, 6.45) is -1.46. The number of rotatable bonds is 7. The van der Waals surface area contributed by atoms with Gasteiger partial charge in [-0.05, 0) is 35.9 Å². The van der Waals surface area contributed by atoms with Crippen LogP contribution in [0.1, 0.15) is 21.7 Å². The summed E-state index contributed by atoms with van der Waals surface area (Å²) in [4.78, 5) is 13.0. The highest BCUT2D eigenvalue weighted by molar-refractivity contribution is 7.92. The van der Waals surface area contributed by atoms with Gasteiger partial charge in [-0.1, -0.05) is 12.1 Å². The zero-order valence-corrected chi connectivity index (χ0v) is 19.9. The average molecular weight is 527 g/mol. The van der Waals surface area contributed by atoms with E-state index in [1.165, 1.54) is 17.4 Å². The molecule has 0 saturated carbocycles. The quantitative estimate of drug-likeness (QED) is 0.345. The lowest BCUT2D eigenvalue weighted by atomic mass is 10.2. The Morgan fingerprint density at radius 1 is 1.12 bits per heavy atom. The Morgan fingerprint density at radius 3 is 2.62 bits per heavy atom. The number of alkyl halides is 3. The summed E-state index contributed by atoms with van der Waals surface area (Å²) >= 11 is 2.37. The van der Waals surface area contributed by atoms with Crippen molar-refractivity contribution in [1.29, 1.82) is 0 Å². The van der Waals surface area contributed by atoms with Gasteiger partial charge in [0.2, 0.25) is 5.95 Å². The van der Waals surface area contributed by atoms with Gasteiger partial charge in [-0.3, -0.25) is 0 Å². The van der Waals surface area contributed by atoms with Crippen LogP contribution in [0.2, 0.25) is 0 Å². The van der Waals surface area contributed by atoms with Gasteiger partial charge in [0.1, 0.15) is 9.90 Å². The number of sulfone groups is 1. The van der Waals surface area contributed by atoms with Crippen LogP contribution in [0, 0.1) is 0 Å². The van der Waals surface area contributed by atoms with Crippen LogP contribution in [0.25, 0.3) is 10.4 Å². The minimum absolute atomic E-state index is 0.176. The Bertz CT molecular complexity index is 1420. The van der Waals surface area contributed by atoms with E-state index in [-0.39, 0.29) is 16.6 Å². The number of aliphatic hydroxyl groups excluding tert-OH is 1. The van der Waals surface area contributed by atoms with Crippen LogP contribution in [0.3, 0.4) is 0 Å². The summed E-state index contributed by atoms with van der Waals surface area (Å²) in [5.41, 5.74) is 0.227. The number of hydrogen-bond acceptors (Lipinski definition) is 9. The molecule has 0 aliphatic carbocycles. The number of nitrogens with zero attached hydrogens (tertiary/aromatic N) is 3. The Balaban J connectivity index is 1.48. The number of thiazole rings is 1. The van der Waals surface area contributed by atoms with Crippen molar-refractivity contribution in [3.63, 3.8) is 0 Å². The van der Waals surface area contributed by atoms with E-state index in [4.69, 9.17) is 0 Å². The van der Waals surface area contributed by atoms with E-state index >= 15 is 0 Å². The highest BCUT2D eigenvalue weighted by Gasteiger charge is 2.32.